The Balaban J connectivity index is 2.18. The van der Waals surface area contributed by atoms with Gasteiger partial charge in [0.1, 0.15) is 11.9 Å². The van der Waals surface area contributed by atoms with E-state index in [9.17, 15) is 0 Å². The van der Waals surface area contributed by atoms with Crippen molar-refractivity contribution in [1.29, 1.82) is 0 Å². The molecule has 0 radical (unpaired) electrons. The number of ether oxygens (including phenoxy) is 1. The fourth-order valence-corrected chi connectivity index (χ4v) is 3.33. The second-order valence-electron chi connectivity index (χ2n) is 6.34. The minimum Gasteiger partial charge on any atom is -0.489 e. The number of likely N-dealkylation sites (N-methyl/N-ethyl adjacent to an activating group) is 1. The lowest BCUT2D eigenvalue weighted by Crippen LogP contribution is -2.45. The lowest BCUT2D eigenvalue weighted by Gasteiger charge is -2.36. The first-order valence-electron chi connectivity index (χ1n) is 7.96. The maximum Gasteiger partial charge on any atom is 0.123 e. The minimum atomic E-state index is 0.304. The Morgan fingerprint density at radius 1 is 1.20 bits per heavy atom. The van der Waals surface area contributed by atoms with Crippen LogP contribution in [-0.2, 0) is 0 Å². The molecule has 2 heteroatoms. The molecule has 20 heavy (non-hydrogen) atoms. The molecule has 0 bridgehead atoms. The van der Waals surface area contributed by atoms with Crippen LogP contribution in [0.5, 0.6) is 5.75 Å². The zero-order valence-corrected chi connectivity index (χ0v) is 13.6. The Morgan fingerprint density at radius 2 is 1.95 bits per heavy atom. The topological polar surface area (TPSA) is 21.3 Å². The van der Waals surface area contributed by atoms with Crippen molar-refractivity contribution in [3.63, 3.8) is 0 Å². The molecule has 0 aliphatic heterocycles. The van der Waals surface area contributed by atoms with Gasteiger partial charge in [-0.3, -0.25) is 0 Å². The molecule has 1 aliphatic carbocycles. The first kappa shape index (κ1) is 15.4. The molecule has 1 aromatic carbocycles. The van der Waals surface area contributed by atoms with Crippen LogP contribution >= 0.6 is 0 Å². The standard InChI is InChI=1S/C18H29NO/c1-6-15-7-8-16(19-5)18(11-15)20-17-10-12(2)9-13(3)14(17)4/h9-10,15-16,18-19H,6-8,11H2,1-5H3. The van der Waals surface area contributed by atoms with Crippen LogP contribution in [0, 0.1) is 26.7 Å². The van der Waals surface area contributed by atoms with Gasteiger partial charge in [0.15, 0.2) is 0 Å². The zero-order chi connectivity index (χ0) is 14.7. The lowest BCUT2D eigenvalue weighted by molar-refractivity contribution is 0.0876. The number of aryl methyl sites for hydroxylation is 2. The summed E-state index contributed by atoms with van der Waals surface area (Å²) in [5.41, 5.74) is 3.89. The second kappa shape index (κ2) is 6.62. The van der Waals surface area contributed by atoms with Gasteiger partial charge in [0.05, 0.1) is 0 Å². The van der Waals surface area contributed by atoms with Crippen molar-refractivity contribution >= 4 is 0 Å². The van der Waals surface area contributed by atoms with Crippen LogP contribution < -0.4 is 10.1 Å². The second-order valence-corrected chi connectivity index (χ2v) is 6.34. The highest BCUT2D eigenvalue weighted by Crippen LogP contribution is 2.32. The van der Waals surface area contributed by atoms with Crippen LogP contribution in [0.2, 0.25) is 0 Å². The fraction of sp³-hybridized carbons (Fsp3) is 0.667. The van der Waals surface area contributed by atoms with Gasteiger partial charge in [-0.15, -0.1) is 0 Å². The summed E-state index contributed by atoms with van der Waals surface area (Å²) in [6.07, 6.45) is 5.30. The molecule has 3 atom stereocenters. The van der Waals surface area contributed by atoms with E-state index in [2.05, 4.69) is 52.2 Å². The van der Waals surface area contributed by atoms with Gasteiger partial charge in [0, 0.05) is 6.04 Å². The molecule has 0 spiro atoms. The van der Waals surface area contributed by atoms with Gasteiger partial charge in [0.2, 0.25) is 0 Å². The molecule has 1 saturated carbocycles. The van der Waals surface area contributed by atoms with E-state index in [1.807, 2.05) is 0 Å². The summed E-state index contributed by atoms with van der Waals surface area (Å²) in [7, 11) is 2.06. The van der Waals surface area contributed by atoms with Crippen LogP contribution in [0.1, 0.15) is 49.3 Å². The fourth-order valence-electron chi connectivity index (χ4n) is 3.33. The van der Waals surface area contributed by atoms with E-state index >= 15 is 0 Å². The van der Waals surface area contributed by atoms with Crippen molar-refractivity contribution in [3.8, 4) is 5.75 Å². The number of rotatable bonds is 4. The van der Waals surface area contributed by atoms with E-state index < -0.39 is 0 Å². The summed E-state index contributed by atoms with van der Waals surface area (Å²) in [5, 5.41) is 3.44. The third-order valence-corrected chi connectivity index (χ3v) is 4.89. The van der Waals surface area contributed by atoms with Gasteiger partial charge >= 0.3 is 0 Å². The average Bonchev–Trinajstić information content (AvgIpc) is 2.44. The van der Waals surface area contributed by atoms with Crippen molar-refractivity contribution in [1.82, 2.24) is 5.32 Å². The quantitative estimate of drug-likeness (QED) is 0.891. The Labute approximate surface area is 123 Å². The van der Waals surface area contributed by atoms with E-state index in [0.717, 1.165) is 11.7 Å². The Kier molecular flexibility index (Phi) is 5.09. The number of hydrogen-bond acceptors (Lipinski definition) is 2. The van der Waals surface area contributed by atoms with Gasteiger partial charge in [-0.05, 0) is 75.8 Å². The molecule has 0 heterocycles. The third-order valence-electron chi connectivity index (χ3n) is 4.89. The lowest BCUT2D eigenvalue weighted by atomic mass is 9.82. The van der Waals surface area contributed by atoms with Crippen LogP contribution in [0.25, 0.3) is 0 Å². The van der Waals surface area contributed by atoms with E-state index in [0.29, 0.717) is 12.1 Å². The highest BCUT2D eigenvalue weighted by Gasteiger charge is 2.30. The van der Waals surface area contributed by atoms with E-state index in [-0.39, 0.29) is 0 Å². The van der Waals surface area contributed by atoms with Crippen molar-refractivity contribution in [2.24, 2.45) is 5.92 Å². The van der Waals surface area contributed by atoms with E-state index in [1.54, 1.807) is 0 Å². The normalized spacial score (nSPS) is 26.6. The molecule has 0 amide bonds. The van der Waals surface area contributed by atoms with Gasteiger partial charge in [0.25, 0.3) is 0 Å². The Morgan fingerprint density at radius 3 is 2.60 bits per heavy atom. The summed E-state index contributed by atoms with van der Waals surface area (Å²) >= 11 is 0. The molecule has 2 rings (SSSR count). The average molecular weight is 275 g/mol. The van der Waals surface area contributed by atoms with Gasteiger partial charge in [-0.25, -0.2) is 0 Å². The zero-order valence-electron chi connectivity index (χ0n) is 13.6. The van der Waals surface area contributed by atoms with Crippen molar-refractivity contribution in [3.05, 3.63) is 28.8 Å². The molecule has 2 nitrogen and oxygen atoms in total. The van der Waals surface area contributed by atoms with E-state index in [4.69, 9.17) is 4.74 Å². The largest absolute Gasteiger partial charge is 0.489 e. The molecule has 3 unspecified atom stereocenters. The molecule has 112 valence electrons. The minimum absolute atomic E-state index is 0.304. The summed E-state index contributed by atoms with van der Waals surface area (Å²) in [6.45, 7) is 8.77. The summed E-state index contributed by atoms with van der Waals surface area (Å²) in [4.78, 5) is 0. The van der Waals surface area contributed by atoms with Crippen LogP contribution in [-0.4, -0.2) is 19.2 Å². The van der Waals surface area contributed by atoms with Crippen molar-refractivity contribution in [2.75, 3.05) is 7.05 Å². The Bertz CT molecular complexity index is 455. The molecule has 1 aliphatic rings. The molecule has 0 saturated heterocycles. The number of benzene rings is 1. The number of hydrogen-bond donors (Lipinski definition) is 1. The maximum absolute atomic E-state index is 6.42. The molecule has 1 N–H and O–H groups in total. The summed E-state index contributed by atoms with van der Waals surface area (Å²) < 4.78 is 6.42. The first-order chi connectivity index (χ1) is 9.55. The smallest absolute Gasteiger partial charge is 0.123 e. The SMILES string of the molecule is CCC1CCC(NC)C(Oc2cc(C)cc(C)c2C)C1. The molecular weight excluding hydrogens is 246 g/mol. The first-order valence-corrected chi connectivity index (χ1v) is 7.96. The molecule has 1 aromatic rings. The maximum atomic E-state index is 6.42. The summed E-state index contributed by atoms with van der Waals surface area (Å²) in [6, 6.07) is 4.90. The molecular formula is C18H29NO. The van der Waals surface area contributed by atoms with Gasteiger partial charge < -0.3 is 10.1 Å². The highest BCUT2D eigenvalue weighted by molar-refractivity contribution is 5.42. The highest BCUT2D eigenvalue weighted by atomic mass is 16.5. The Hall–Kier alpha value is -1.02. The van der Waals surface area contributed by atoms with Crippen molar-refractivity contribution in [2.45, 2.75) is 65.5 Å². The third kappa shape index (κ3) is 3.35. The predicted molar refractivity (Wildman–Crippen MR) is 85.5 cm³/mol. The van der Waals surface area contributed by atoms with Crippen LogP contribution in [0.4, 0.5) is 0 Å². The van der Waals surface area contributed by atoms with E-state index in [1.165, 1.54) is 42.4 Å². The van der Waals surface area contributed by atoms with Crippen LogP contribution in [0.3, 0.4) is 0 Å². The van der Waals surface area contributed by atoms with Crippen LogP contribution in [0.15, 0.2) is 12.1 Å². The van der Waals surface area contributed by atoms with Gasteiger partial charge in [-0.2, -0.15) is 0 Å². The predicted octanol–water partition coefficient (Wildman–Crippen LogP) is 4.16. The number of nitrogens with one attached hydrogen (secondary N) is 1. The molecule has 0 aromatic heterocycles. The monoisotopic (exact) mass is 275 g/mol. The summed E-state index contributed by atoms with van der Waals surface area (Å²) in [5.74, 6) is 1.89. The van der Waals surface area contributed by atoms with Gasteiger partial charge in [-0.1, -0.05) is 19.4 Å². The van der Waals surface area contributed by atoms with Crippen molar-refractivity contribution < 1.29 is 4.74 Å². The molecule has 1 fully saturated rings.